The lowest BCUT2D eigenvalue weighted by Crippen LogP contribution is -1.82. The fourth-order valence-electron chi connectivity index (χ4n) is 1.41. The molecule has 0 atom stereocenters. The van der Waals surface area contributed by atoms with Crippen molar-refractivity contribution in [3.63, 3.8) is 0 Å². The van der Waals surface area contributed by atoms with Crippen LogP contribution in [-0.4, -0.2) is 4.98 Å². The van der Waals surface area contributed by atoms with Crippen LogP contribution >= 0.6 is 0 Å². The molecule has 1 aliphatic rings. The second-order valence-corrected chi connectivity index (χ2v) is 2.88. The Morgan fingerprint density at radius 3 is 3.18 bits per heavy atom. The highest BCUT2D eigenvalue weighted by molar-refractivity contribution is 5.56. The van der Waals surface area contributed by atoms with Crippen LogP contribution in [0.3, 0.4) is 0 Å². The van der Waals surface area contributed by atoms with Crippen molar-refractivity contribution >= 4 is 6.08 Å². The Labute approximate surface area is 66.4 Å². The third kappa shape index (κ3) is 1.14. The van der Waals surface area contributed by atoms with Gasteiger partial charge in [-0.15, -0.1) is 0 Å². The number of aryl methyl sites for hydroxylation is 1. The lowest BCUT2D eigenvalue weighted by molar-refractivity contribution is 1.11. The maximum absolute atomic E-state index is 3.33. The minimum absolute atomic E-state index is 1.02. The summed E-state index contributed by atoms with van der Waals surface area (Å²) in [5.41, 5.74) is 3.90. The van der Waals surface area contributed by atoms with Gasteiger partial charge in [0.15, 0.2) is 0 Å². The molecule has 0 bridgehead atoms. The molecule has 1 heterocycles. The van der Waals surface area contributed by atoms with E-state index in [2.05, 4.69) is 42.3 Å². The number of aromatic amines is 1. The molecule has 1 aromatic rings. The van der Waals surface area contributed by atoms with Crippen molar-refractivity contribution in [1.82, 2.24) is 4.98 Å². The molecule has 0 unspecified atom stereocenters. The topological polar surface area (TPSA) is 15.8 Å². The number of hydrogen-bond donors (Lipinski definition) is 1. The van der Waals surface area contributed by atoms with Gasteiger partial charge in [0.05, 0.1) is 0 Å². The number of rotatable bonds is 0. The SMILES string of the molecule is Cc1cc2c([nH]1)CC=CC=C2. The average Bonchev–Trinajstić information content (AvgIpc) is 2.17. The molecular weight excluding hydrogens is 134 g/mol. The van der Waals surface area contributed by atoms with Crippen molar-refractivity contribution in [2.45, 2.75) is 13.3 Å². The van der Waals surface area contributed by atoms with Gasteiger partial charge in [-0.3, -0.25) is 0 Å². The molecule has 1 heteroatoms. The minimum Gasteiger partial charge on any atom is -0.362 e. The Morgan fingerprint density at radius 2 is 2.27 bits per heavy atom. The molecule has 1 aromatic heterocycles. The Morgan fingerprint density at radius 1 is 1.36 bits per heavy atom. The number of fused-ring (bicyclic) bond motifs is 1. The quantitative estimate of drug-likeness (QED) is 0.577. The smallest absolute Gasteiger partial charge is 0.0261 e. The van der Waals surface area contributed by atoms with Crippen LogP contribution in [0.5, 0.6) is 0 Å². The van der Waals surface area contributed by atoms with Crippen molar-refractivity contribution in [2.75, 3.05) is 0 Å². The largest absolute Gasteiger partial charge is 0.362 e. The monoisotopic (exact) mass is 145 g/mol. The summed E-state index contributed by atoms with van der Waals surface area (Å²) in [6, 6.07) is 2.18. The van der Waals surface area contributed by atoms with E-state index in [0.717, 1.165) is 6.42 Å². The van der Waals surface area contributed by atoms with Crippen LogP contribution in [0, 0.1) is 6.92 Å². The number of nitrogens with one attached hydrogen (secondary N) is 1. The maximum atomic E-state index is 3.33. The van der Waals surface area contributed by atoms with Crippen LogP contribution in [-0.2, 0) is 6.42 Å². The van der Waals surface area contributed by atoms with E-state index < -0.39 is 0 Å². The summed E-state index contributed by atoms with van der Waals surface area (Å²) in [5, 5.41) is 0. The van der Waals surface area contributed by atoms with Crippen LogP contribution in [0.15, 0.2) is 24.3 Å². The first kappa shape index (κ1) is 6.47. The molecule has 1 N–H and O–H groups in total. The van der Waals surface area contributed by atoms with E-state index in [0.29, 0.717) is 0 Å². The summed E-state index contributed by atoms with van der Waals surface area (Å²) in [5.74, 6) is 0. The van der Waals surface area contributed by atoms with Gasteiger partial charge in [0.1, 0.15) is 0 Å². The lowest BCUT2D eigenvalue weighted by atomic mass is 10.2. The van der Waals surface area contributed by atoms with Gasteiger partial charge in [-0.2, -0.15) is 0 Å². The van der Waals surface area contributed by atoms with E-state index in [1.54, 1.807) is 0 Å². The average molecular weight is 145 g/mol. The van der Waals surface area contributed by atoms with Crippen LogP contribution in [0.2, 0.25) is 0 Å². The summed E-state index contributed by atoms with van der Waals surface area (Å²) in [4.78, 5) is 3.33. The number of H-pyrrole nitrogens is 1. The number of allylic oxidation sites excluding steroid dienone is 3. The van der Waals surface area contributed by atoms with Gasteiger partial charge in [-0.05, 0) is 18.6 Å². The Kier molecular flexibility index (Phi) is 1.42. The van der Waals surface area contributed by atoms with E-state index in [1.807, 2.05) is 0 Å². The minimum atomic E-state index is 1.02. The van der Waals surface area contributed by atoms with Gasteiger partial charge >= 0.3 is 0 Å². The summed E-state index contributed by atoms with van der Waals surface area (Å²) in [7, 11) is 0. The molecule has 0 saturated carbocycles. The molecule has 0 amide bonds. The molecule has 2 rings (SSSR count). The molecule has 56 valence electrons. The fraction of sp³-hybridized carbons (Fsp3) is 0.200. The van der Waals surface area contributed by atoms with Gasteiger partial charge in [0.25, 0.3) is 0 Å². The molecule has 11 heavy (non-hydrogen) atoms. The first-order valence-corrected chi connectivity index (χ1v) is 3.88. The molecule has 0 radical (unpaired) electrons. The zero-order valence-electron chi connectivity index (χ0n) is 6.59. The first-order valence-electron chi connectivity index (χ1n) is 3.88. The standard InChI is InChI=1S/C10H11N/c1-8-7-9-5-3-2-4-6-10(9)11-8/h2-5,7,11H,6H2,1H3. The summed E-state index contributed by atoms with van der Waals surface area (Å²) >= 11 is 0. The third-order valence-electron chi connectivity index (χ3n) is 1.91. The number of aromatic nitrogens is 1. The molecule has 1 aliphatic carbocycles. The zero-order valence-corrected chi connectivity index (χ0v) is 6.59. The summed E-state index contributed by atoms with van der Waals surface area (Å²) < 4.78 is 0. The molecule has 1 nitrogen and oxygen atoms in total. The Hall–Kier alpha value is -1.24. The highest BCUT2D eigenvalue weighted by atomic mass is 14.7. The second kappa shape index (κ2) is 2.42. The van der Waals surface area contributed by atoms with E-state index in [4.69, 9.17) is 0 Å². The molecule has 0 aliphatic heterocycles. The molecular formula is C10H11N. The highest BCUT2D eigenvalue weighted by Gasteiger charge is 2.02. The first-order chi connectivity index (χ1) is 5.36. The van der Waals surface area contributed by atoms with E-state index in [9.17, 15) is 0 Å². The second-order valence-electron chi connectivity index (χ2n) is 2.88. The van der Waals surface area contributed by atoms with Gasteiger partial charge in [0, 0.05) is 17.8 Å². The van der Waals surface area contributed by atoms with Crippen molar-refractivity contribution in [3.05, 3.63) is 41.2 Å². The van der Waals surface area contributed by atoms with Crippen molar-refractivity contribution in [3.8, 4) is 0 Å². The van der Waals surface area contributed by atoms with Gasteiger partial charge < -0.3 is 4.98 Å². The van der Waals surface area contributed by atoms with Crippen LogP contribution in [0.4, 0.5) is 0 Å². The van der Waals surface area contributed by atoms with E-state index >= 15 is 0 Å². The lowest BCUT2D eigenvalue weighted by Gasteiger charge is -1.91. The number of hydrogen-bond acceptors (Lipinski definition) is 0. The summed E-state index contributed by atoms with van der Waals surface area (Å²) in [6.07, 6.45) is 9.50. The molecule has 0 saturated heterocycles. The molecule has 0 fully saturated rings. The normalized spacial score (nSPS) is 14.6. The van der Waals surface area contributed by atoms with Gasteiger partial charge in [0.2, 0.25) is 0 Å². The van der Waals surface area contributed by atoms with E-state index in [1.165, 1.54) is 17.0 Å². The molecule has 0 spiro atoms. The zero-order chi connectivity index (χ0) is 7.68. The highest BCUT2D eigenvalue weighted by Crippen LogP contribution is 2.15. The van der Waals surface area contributed by atoms with Gasteiger partial charge in [-0.1, -0.05) is 24.3 Å². The van der Waals surface area contributed by atoms with Crippen LogP contribution in [0.1, 0.15) is 17.0 Å². The fourth-order valence-corrected chi connectivity index (χ4v) is 1.41. The van der Waals surface area contributed by atoms with Crippen molar-refractivity contribution in [1.29, 1.82) is 0 Å². The van der Waals surface area contributed by atoms with Crippen molar-refractivity contribution in [2.24, 2.45) is 0 Å². The van der Waals surface area contributed by atoms with Crippen LogP contribution < -0.4 is 0 Å². The predicted molar refractivity (Wildman–Crippen MR) is 47.4 cm³/mol. The van der Waals surface area contributed by atoms with Crippen LogP contribution in [0.25, 0.3) is 6.08 Å². The van der Waals surface area contributed by atoms with E-state index in [-0.39, 0.29) is 0 Å². The maximum Gasteiger partial charge on any atom is 0.0261 e. The third-order valence-corrected chi connectivity index (χ3v) is 1.91. The Bertz CT molecular complexity index is 316. The summed E-state index contributed by atoms with van der Waals surface area (Å²) in [6.45, 7) is 2.09. The predicted octanol–water partition coefficient (Wildman–Crippen LogP) is 2.45. The Balaban J connectivity index is 2.51. The van der Waals surface area contributed by atoms with Gasteiger partial charge in [-0.25, -0.2) is 0 Å². The van der Waals surface area contributed by atoms with Crippen molar-refractivity contribution < 1.29 is 0 Å². The molecule has 0 aromatic carbocycles.